The molecule has 1 aromatic heterocycles. The van der Waals surface area contributed by atoms with Gasteiger partial charge in [-0.05, 0) is 82.4 Å². The van der Waals surface area contributed by atoms with E-state index >= 15 is 0 Å². The van der Waals surface area contributed by atoms with Gasteiger partial charge in [0.05, 0.1) is 6.26 Å². The van der Waals surface area contributed by atoms with Gasteiger partial charge in [-0.25, -0.2) is 22.7 Å². The van der Waals surface area contributed by atoms with Crippen molar-refractivity contribution in [3.05, 3.63) is 53.5 Å². The Morgan fingerprint density at radius 1 is 1.00 bits per heavy atom. The van der Waals surface area contributed by atoms with Crippen molar-refractivity contribution in [3.63, 3.8) is 0 Å². The molecular formula is C30H44N6O3S. The first-order valence-corrected chi connectivity index (χ1v) is 16.6. The highest BCUT2D eigenvalue weighted by Crippen LogP contribution is 2.38. The Labute approximate surface area is 239 Å². The van der Waals surface area contributed by atoms with Gasteiger partial charge in [0.15, 0.2) is 0 Å². The number of likely N-dealkylation sites (tertiary alicyclic amines) is 2. The number of hydrogen-bond donors (Lipinski definition) is 1. The Hall–Kier alpha value is -2.56. The molecule has 40 heavy (non-hydrogen) atoms. The lowest BCUT2D eigenvalue weighted by atomic mass is 9.96. The lowest BCUT2D eigenvalue weighted by Crippen LogP contribution is -2.52. The molecule has 0 bridgehead atoms. The van der Waals surface area contributed by atoms with Crippen LogP contribution in [0.2, 0.25) is 0 Å². The third kappa shape index (κ3) is 6.66. The highest BCUT2D eigenvalue weighted by molar-refractivity contribution is 7.88. The van der Waals surface area contributed by atoms with Gasteiger partial charge in [-0.1, -0.05) is 30.3 Å². The summed E-state index contributed by atoms with van der Waals surface area (Å²) in [6.45, 7) is 6.02. The summed E-state index contributed by atoms with van der Waals surface area (Å²) in [4.78, 5) is 26.7. The molecule has 2 aromatic rings. The molecule has 5 rings (SSSR count). The summed E-state index contributed by atoms with van der Waals surface area (Å²) in [6, 6.07) is 11.3. The van der Waals surface area contributed by atoms with E-state index in [1.54, 1.807) is 7.05 Å². The van der Waals surface area contributed by atoms with Crippen LogP contribution in [-0.2, 0) is 10.0 Å². The standard InChI is InChI=1S/C30H44N6O3S/c1-22-28(32-21-33-29(22)31-20-23-9-10-25(19-23)24-7-5-4-6-8-24)30(37)36-17-13-27(14-18-36)35-15-11-26(12-16-35)34(2)40(3,38)39/h4-8,21,23,25-27H,9-20H2,1-3H3,(H,31,32,33). The first-order chi connectivity index (χ1) is 19.2. The average Bonchev–Trinajstić information content (AvgIpc) is 3.45. The van der Waals surface area contributed by atoms with E-state index in [-0.39, 0.29) is 11.9 Å². The molecule has 0 radical (unpaired) electrons. The largest absolute Gasteiger partial charge is 0.369 e. The van der Waals surface area contributed by atoms with E-state index < -0.39 is 10.0 Å². The Bertz CT molecular complexity index is 1260. The molecular weight excluding hydrogens is 524 g/mol. The summed E-state index contributed by atoms with van der Waals surface area (Å²) in [5.74, 6) is 1.97. The van der Waals surface area contributed by atoms with Gasteiger partial charge in [0.25, 0.3) is 5.91 Å². The number of nitrogens with zero attached hydrogens (tertiary/aromatic N) is 5. The predicted molar refractivity (Wildman–Crippen MR) is 158 cm³/mol. The maximum absolute atomic E-state index is 13.5. The minimum Gasteiger partial charge on any atom is -0.369 e. The third-order valence-electron chi connectivity index (χ3n) is 9.46. The minimum absolute atomic E-state index is 0.0140. The number of sulfonamides is 1. The summed E-state index contributed by atoms with van der Waals surface area (Å²) < 4.78 is 25.3. The minimum atomic E-state index is -3.16. The molecule has 1 aromatic carbocycles. The summed E-state index contributed by atoms with van der Waals surface area (Å²) in [5.41, 5.74) is 2.75. The molecule has 1 aliphatic carbocycles. The van der Waals surface area contributed by atoms with E-state index in [2.05, 4.69) is 50.5 Å². The maximum Gasteiger partial charge on any atom is 0.272 e. The molecule has 2 saturated heterocycles. The number of hydrogen-bond acceptors (Lipinski definition) is 7. The number of piperidine rings is 2. The molecule has 1 amide bonds. The highest BCUT2D eigenvalue weighted by Gasteiger charge is 2.33. The number of carbonyl (C=O) groups excluding carboxylic acids is 1. The molecule has 0 spiro atoms. The van der Waals surface area contributed by atoms with Gasteiger partial charge < -0.3 is 15.1 Å². The first kappa shape index (κ1) is 29.0. The normalized spacial score (nSPS) is 23.6. The zero-order valence-electron chi connectivity index (χ0n) is 24.1. The van der Waals surface area contributed by atoms with E-state index in [0.717, 1.165) is 56.7 Å². The lowest BCUT2D eigenvalue weighted by Gasteiger charge is -2.43. The molecule has 1 N–H and O–H groups in total. The van der Waals surface area contributed by atoms with Crippen molar-refractivity contribution >= 4 is 21.7 Å². The summed E-state index contributed by atoms with van der Waals surface area (Å²) in [5, 5.41) is 3.53. The van der Waals surface area contributed by atoms with Crippen LogP contribution in [-0.4, -0.2) is 96.5 Å². The molecule has 2 atom stereocenters. The Kier molecular flexibility index (Phi) is 9.07. The van der Waals surface area contributed by atoms with Gasteiger partial charge in [-0.3, -0.25) is 4.79 Å². The fourth-order valence-corrected chi connectivity index (χ4v) is 7.59. The van der Waals surface area contributed by atoms with Crippen molar-refractivity contribution in [1.82, 2.24) is 24.1 Å². The summed E-state index contributed by atoms with van der Waals surface area (Å²) in [7, 11) is -1.47. The van der Waals surface area contributed by atoms with Gasteiger partial charge in [0, 0.05) is 44.3 Å². The molecule has 10 heteroatoms. The first-order valence-electron chi connectivity index (χ1n) is 14.8. The van der Waals surface area contributed by atoms with Crippen LogP contribution in [0.15, 0.2) is 36.7 Å². The second kappa shape index (κ2) is 12.5. The van der Waals surface area contributed by atoms with Crippen molar-refractivity contribution < 1.29 is 13.2 Å². The van der Waals surface area contributed by atoms with Gasteiger partial charge in [-0.15, -0.1) is 0 Å². The third-order valence-corrected chi connectivity index (χ3v) is 10.8. The van der Waals surface area contributed by atoms with Crippen molar-refractivity contribution in [2.24, 2.45) is 5.92 Å². The van der Waals surface area contributed by atoms with Crippen LogP contribution < -0.4 is 5.32 Å². The van der Waals surface area contributed by atoms with Crippen LogP contribution >= 0.6 is 0 Å². The molecule has 218 valence electrons. The Balaban J connectivity index is 1.10. The maximum atomic E-state index is 13.5. The summed E-state index contributed by atoms with van der Waals surface area (Å²) in [6.07, 6.45) is 9.94. The molecule has 2 aliphatic heterocycles. The van der Waals surface area contributed by atoms with Crippen LogP contribution in [0.4, 0.5) is 5.82 Å². The van der Waals surface area contributed by atoms with Gasteiger partial charge in [0.1, 0.15) is 17.8 Å². The zero-order chi connectivity index (χ0) is 28.3. The number of anilines is 1. The SMILES string of the molecule is Cc1c(NCC2CCC(c3ccccc3)C2)ncnc1C(=O)N1CCC(N2CCC(N(C)S(C)(=O)=O)CC2)CC1. The molecule has 3 fully saturated rings. The second-order valence-electron chi connectivity index (χ2n) is 11.9. The van der Waals surface area contributed by atoms with Crippen molar-refractivity contribution in [2.45, 2.75) is 69.9 Å². The van der Waals surface area contributed by atoms with E-state index in [4.69, 9.17) is 0 Å². The van der Waals surface area contributed by atoms with Crippen LogP contribution in [0.3, 0.4) is 0 Å². The van der Waals surface area contributed by atoms with Crippen LogP contribution in [0.25, 0.3) is 0 Å². The highest BCUT2D eigenvalue weighted by atomic mass is 32.2. The van der Waals surface area contributed by atoms with Crippen molar-refractivity contribution in [1.29, 1.82) is 0 Å². The van der Waals surface area contributed by atoms with E-state index in [9.17, 15) is 13.2 Å². The fraction of sp³-hybridized carbons (Fsp3) is 0.633. The fourth-order valence-electron chi connectivity index (χ4n) is 6.84. The number of aromatic nitrogens is 2. The van der Waals surface area contributed by atoms with E-state index in [1.807, 2.05) is 11.8 Å². The average molecular weight is 569 g/mol. The number of nitrogens with one attached hydrogen (secondary N) is 1. The Morgan fingerprint density at radius 3 is 2.38 bits per heavy atom. The van der Waals surface area contributed by atoms with Gasteiger partial charge in [-0.2, -0.15) is 0 Å². The Morgan fingerprint density at radius 2 is 1.70 bits per heavy atom. The van der Waals surface area contributed by atoms with Gasteiger partial charge >= 0.3 is 0 Å². The molecule has 1 saturated carbocycles. The van der Waals surface area contributed by atoms with Crippen molar-refractivity contribution in [3.8, 4) is 0 Å². The monoisotopic (exact) mass is 568 g/mol. The smallest absolute Gasteiger partial charge is 0.272 e. The van der Waals surface area contributed by atoms with Crippen LogP contribution in [0, 0.1) is 12.8 Å². The lowest BCUT2D eigenvalue weighted by molar-refractivity contribution is 0.0542. The number of amides is 1. The quantitative estimate of drug-likeness (QED) is 0.518. The van der Waals surface area contributed by atoms with E-state index in [0.29, 0.717) is 36.7 Å². The van der Waals surface area contributed by atoms with Crippen LogP contribution in [0.1, 0.15) is 72.5 Å². The van der Waals surface area contributed by atoms with Crippen LogP contribution in [0.5, 0.6) is 0 Å². The molecule has 9 nitrogen and oxygen atoms in total. The number of rotatable bonds is 8. The predicted octanol–water partition coefficient (Wildman–Crippen LogP) is 3.74. The topological polar surface area (TPSA) is 98.7 Å². The molecule has 2 unspecified atom stereocenters. The van der Waals surface area contributed by atoms with Crippen molar-refractivity contribution in [2.75, 3.05) is 51.3 Å². The zero-order valence-corrected chi connectivity index (χ0v) is 24.9. The summed E-state index contributed by atoms with van der Waals surface area (Å²) >= 11 is 0. The molecule has 3 heterocycles. The second-order valence-corrected chi connectivity index (χ2v) is 14.0. The number of carbonyl (C=O) groups is 1. The molecule has 3 aliphatic rings. The van der Waals surface area contributed by atoms with E-state index in [1.165, 1.54) is 41.7 Å². The van der Waals surface area contributed by atoms with Gasteiger partial charge in [0.2, 0.25) is 10.0 Å². The number of benzene rings is 1.